The van der Waals surface area contributed by atoms with Crippen LogP contribution < -0.4 is 5.32 Å². The Labute approximate surface area is 286 Å². The van der Waals surface area contributed by atoms with Gasteiger partial charge in [-0.3, -0.25) is 0 Å². The summed E-state index contributed by atoms with van der Waals surface area (Å²) in [5.41, 5.74) is 8.31. The molecule has 8 aromatic carbocycles. The molecule has 0 saturated heterocycles. The molecule has 0 bridgehead atoms. The molecule has 1 atom stereocenters. The first-order chi connectivity index (χ1) is 24.8. The van der Waals surface area contributed by atoms with E-state index in [1.54, 1.807) is 0 Å². The van der Waals surface area contributed by atoms with Crippen LogP contribution in [-0.4, -0.2) is 16.2 Å². The van der Waals surface area contributed by atoms with Crippen molar-refractivity contribution < 1.29 is 4.42 Å². The second kappa shape index (κ2) is 10.4. The number of nitrogens with zero attached hydrogens (tertiary/aromatic N) is 3. The van der Waals surface area contributed by atoms with Crippen molar-refractivity contribution in [2.75, 3.05) is 0 Å². The lowest BCUT2D eigenvalue weighted by atomic mass is 10.00. The van der Waals surface area contributed by atoms with Gasteiger partial charge in [-0.1, -0.05) is 115 Å². The van der Waals surface area contributed by atoms with Crippen molar-refractivity contribution in [3.63, 3.8) is 0 Å². The third-order valence-electron chi connectivity index (χ3n) is 10.2. The Morgan fingerprint density at radius 1 is 0.500 bits per heavy atom. The molecule has 1 aliphatic rings. The van der Waals surface area contributed by atoms with Crippen molar-refractivity contribution in [1.29, 1.82) is 0 Å². The molecule has 0 amide bonds. The molecule has 3 heterocycles. The Kier molecular flexibility index (Phi) is 5.66. The van der Waals surface area contributed by atoms with Crippen LogP contribution in [0.1, 0.15) is 22.9 Å². The minimum Gasteiger partial charge on any atom is -0.456 e. The lowest BCUT2D eigenvalue weighted by Crippen LogP contribution is -2.33. The number of nitrogens with one attached hydrogen (secondary N) is 1. The summed E-state index contributed by atoms with van der Waals surface area (Å²) in [6.07, 6.45) is -0.250. The van der Waals surface area contributed by atoms with E-state index in [-0.39, 0.29) is 6.17 Å². The van der Waals surface area contributed by atoms with E-state index in [0.29, 0.717) is 5.84 Å². The average molecular weight is 641 g/mol. The quantitative estimate of drug-likeness (QED) is 0.208. The molecule has 1 unspecified atom stereocenters. The Bertz CT molecular complexity index is 2900. The van der Waals surface area contributed by atoms with Gasteiger partial charge < -0.3 is 14.3 Å². The Hall–Kier alpha value is -6.72. The maximum absolute atomic E-state index is 6.62. The Morgan fingerprint density at radius 2 is 1.14 bits per heavy atom. The minimum absolute atomic E-state index is 0.250. The first-order valence-electron chi connectivity index (χ1n) is 16.9. The maximum Gasteiger partial charge on any atom is 0.159 e. The standard InChI is InChI=1S/C45H28N4O/c1-3-9-30(10-4-1)43-46-44(31-11-5-2-6-12-31)48-45(47-43)32-18-17-27-19-22-34(26-33(27)25-32)49-35-23-20-28-13-7-15-37-39(28)41(35)42-36(49)24-21-29-14-8-16-38(50-37)40(29)42/h1-26,43H,(H,46,47,48). The molecule has 0 aliphatic carbocycles. The molecule has 234 valence electrons. The molecule has 1 aliphatic heterocycles. The number of fused-ring (bicyclic) bond motifs is 1. The largest absolute Gasteiger partial charge is 0.456 e. The summed E-state index contributed by atoms with van der Waals surface area (Å²) in [4.78, 5) is 10.2. The molecule has 0 spiro atoms. The zero-order valence-corrected chi connectivity index (χ0v) is 26.8. The first kappa shape index (κ1) is 27.3. The van der Waals surface area contributed by atoms with Crippen LogP contribution in [0.25, 0.3) is 71.0 Å². The summed E-state index contributed by atoms with van der Waals surface area (Å²) in [6, 6.07) is 55.5. The van der Waals surface area contributed by atoms with Crippen molar-refractivity contribution >= 4 is 77.0 Å². The second-order valence-electron chi connectivity index (χ2n) is 13.0. The lowest BCUT2D eigenvalue weighted by Gasteiger charge is -2.23. The van der Waals surface area contributed by atoms with E-state index < -0.39 is 0 Å². The number of amidine groups is 2. The molecule has 2 aromatic heterocycles. The van der Waals surface area contributed by atoms with Gasteiger partial charge in [0.05, 0.1) is 11.0 Å². The van der Waals surface area contributed by atoms with Crippen molar-refractivity contribution in [3.05, 3.63) is 174 Å². The van der Waals surface area contributed by atoms with Crippen LogP contribution >= 0.6 is 0 Å². The van der Waals surface area contributed by atoms with Crippen LogP contribution in [0.4, 0.5) is 0 Å². The van der Waals surface area contributed by atoms with Crippen LogP contribution in [0.15, 0.2) is 172 Å². The zero-order chi connectivity index (χ0) is 32.8. The topological polar surface area (TPSA) is 54.8 Å². The van der Waals surface area contributed by atoms with E-state index in [1.807, 2.05) is 24.3 Å². The van der Waals surface area contributed by atoms with E-state index in [1.165, 1.54) is 21.5 Å². The normalized spacial score (nSPS) is 15.0. The van der Waals surface area contributed by atoms with Crippen molar-refractivity contribution in [2.24, 2.45) is 9.98 Å². The van der Waals surface area contributed by atoms with Gasteiger partial charge in [0.1, 0.15) is 23.2 Å². The van der Waals surface area contributed by atoms with Gasteiger partial charge in [-0.2, -0.15) is 0 Å². The fraction of sp³-hybridized carbons (Fsp3) is 0.0222. The van der Waals surface area contributed by atoms with E-state index in [2.05, 4.69) is 143 Å². The molecule has 10 aromatic rings. The van der Waals surface area contributed by atoms with Crippen LogP contribution in [0.3, 0.4) is 0 Å². The summed E-state index contributed by atoms with van der Waals surface area (Å²) in [5.74, 6) is 1.52. The highest BCUT2D eigenvalue weighted by atomic mass is 16.3. The number of hydrogen-bond acceptors (Lipinski definition) is 4. The summed E-state index contributed by atoms with van der Waals surface area (Å²) >= 11 is 0. The predicted octanol–water partition coefficient (Wildman–Crippen LogP) is 10.9. The van der Waals surface area contributed by atoms with Crippen LogP contribution in [0.2, 0.25) is 0 Å². The zero-order valence-electron chi connectivity index (χ0n) is 26.8. The first-order valence-corrected chi connectivity index (χ1v) is 16.9. The number of rotatable bonds is 4. The van der Waals surface area contributed by atoms with Gasteiger partial charge in [0, 0.05) is 38.4 Å². The summed E-state index contributed by atoms with van der Waals surface area (Å²) in [7, 11) is 0. The number of aliphatic imine (C=N–C) groups is 2. The fourth-order valence-electron chi connectivity index (χ4n) is 7.88. The molecule has 1 N–H and O–H groups in total. The number of hydrogen-bond donors (Lipinski definition) is 1. The molecule has 0 radical (unpaired) electrons. The van der Waals surface area contributed by atoms with Gasteiger partial charge in [0.2, 0.25) is 0 Å². The highest BCUT2D eigenvalue weighted by molar-refractivity contribution is 6.33. The summed E-state index contributed by atoms with van der Waals surface area (Å²) in [5, 5.41) is 13.0. The fourth-order valence-corrected chi connectivity index (χ4v) is 7.88. The van der Waals surface area contributed by atoms with Gasteiger partial charge in [-0.15, -0.1) is 0 Å². The molecule has 5 nitrogen and oxygen atoms in total. The van der Waals surface area contributed by atoms with Crippen molar-refractivity contribution in [3.8, 4) is 5.69 Å². The van der Waals surface area contributed by atoms with Gasteiger partial charge in [-0.05, 0) is 69.6 Å². The minimum atomic E-state index is -0.250. The second-order valence-corrected chi connectivity index (χ2v) is 13.0. The van der Waals surface area contributed by atoms with Crippen molar-refractivity contribution in [1.82, 2.24) is 9.88 Å². The molecule has 11 rings (SSSR count). The number of benzene rings is 8. The van der Waals surface area contributed by atoms with Gasteiger partial charge >= 0.3 is 0 Å². The Balaban J connectivity index is 1.13. The molecule has 0 fully saturated rings. The highest BCUT2D eigenvalue weighted by Crippen LogP contribution is 2.44. The monoisotopic (exact) mass is 640 g/mol. The third kappa shape index (κ3) is 4.01. The maximum atomic E-state index is 6.62. The van der Waals surface area contributed by atoms with Crippen LogP contribution in [-0.2, 0) is 0 Å². The van der Waals surface area contributed by atoms with E-state index in [9.17, 15) is 0 Å². The SMILES string of the molecule is c1ccc(C2=NC(c3ccc4ccc(-n5c6ccc7cccc8oc9cccc%10ccc5c(c%109)c6c78)cc4c3)=NC(c3ccccc3)N2)cc1. The van der Waals surface area contributed by atoms with E-state index >= 15 is 0 Å². The summed E-state index contributed by atoms with van der Waals surface area (Å²) in [6.45, 7) is 0. The van der Waals surface area contributed by atoms with E-state index in [0.717, 1.165) is 72.0 Å². The molecule has 0 saturated carbocycles. The lowest BCUT2D eigenvalue weighted by molar-refractivity contribution is 0.664. The predicted molar refractivity (Wildman–Crippen MR) is 206 cm³/mol. The van der Waals surface area contributed by atoms with Crippen LogP contribution in [0.5, 0.6) is 0 Å². The molecular weight excluding hydrogens is 613 g/mol. The molecular formula is C45H28N4O. The molecule has 5 heteroatoms. The molecule has 50 heavy (non-hydrogen) atoms. The highest BCUT2D eigenvalue weighted by Gasteiger charge is 2.23. The average Bonchev–Trinajstić information content (AvgIpc) is 3.44. The Morgan fingerprint density at radius 3 is 1.84 bits per heavy atom. The van der Waals surface area contributed by atoms with Crippen molar-refractivity contribution in [2.45, 2.75) is 6.17 Å². The van der Waals surface area contributed by atoms with Gasteiger partial charge in [0.15, 0.2) is 5.84 Å². The number of aromatic nitrogens is 1. The van der Waals surface area contributed by atoms with E-state index in [4.69, 9.17) is 14.4 Å². The third-order valence-corrected chi connectivity index (χ3v) is 10.2. The van der Waals surface area contributed by atoms with Gasteiger partial charge in [0.25, 0.3) is 0 Å². The van der Waals surface area contributed by atoms with Gasteiger partial charge in [-0.25, -0.2) is 9.98 Å². The smallest absolute Gasteiger partial charge is 0.159 e. The van der Waals surface area contributed by atoms with Crippen LogP contribution in [0, 0.1) is 0 Å². The summed E-state index contributed by atoms with van der Waals surface area (Å²) < 4.78 is 9.04.